The minimum absolute atomic E-state index is 0.0434. The first-order valence-electron chi connectivity index (χ1n) is 15.6. The number of sulfonamides is 1. The molecule has 236 valence electrons. The highest BCUT2D eigenvalue weighted by Crippen LogP contribution is 2.27. The lowest BCUT2D eigenvalue weighted by molar-refractivity contribution is -0.140. The minimum Gasteiger partial charge on any atom is -0.494 e. The smallest absolute Gasteiger partial charge is 0.264 e. The van der Waals surface area contributed by atoms with Crippen molar-refractivity contribution in [1.82, 2.24) is 10.2 Å². The van der Waals surface area contributed by atoms with Crippen molar-refractivity contribution in [2.45, 2.75) is 89.7 Å². The third-order valence-corrected chi connectivity index (χ3v) is 10.1. The lowest BCUT2D eigenvalue weighted by Gasteiger charge is -2.34. The fraction of sp³-hybridized carbons (Fsp3) is 0.429. The van der Waals surface area contributed by atoms with Crippen molar-refractivity contribution in [2.24, 2.45) is 0 Å². The van der Waals surface area contributed by atoms with Crippen LogP contribution in [0.25, 0.3) is 0 Å². The minimum atomic E-state index is -4.15. The number of nitrogens with zero attached hydrogens (tertiary/aromatic N) is 2. The quantitative estimate of drug-likeness (QED) is 0.248. The van der Waals surface area contributed by atoms with E-state index in [-0.39, 0.29) is 23.4 Å². The van der Waals surface area contributed by atoms with Gasteiger partial charge in [0.2, 0.25) is 11.8 Å². The Morgan fingerprint density at radius 1 is 0.909 bits per heavy atom. The SMILES string of the molecule is CCOc1ccc(S(=O)(=O)N(CC(=O)N(Cc2ccccc2C)[C@@H](CC)C(=O)NC2CCCCC2)c2ccc(C)cc2)cc1. The van der Waals surface area contributed by atoms with Gasteiger partial charge in [-0.1, -0.05) is 68.1 Å². The lowest BCUT2D eigenvalue weighted by Crippen LogP contribution is -2.54. The molecule has 8 nitrogen and oxygen atoms in total. The summed E-state index contributed by atoms with van der Waals surface area (Å²) in [6.07, 6.45) is 5.56. The summed E-state index contributed by atoms with van der Waals surface area (Å²) in [5.41, 5.74) is 3.23. The van der Waals surface area contributed by atoms with E-state index in [4.69, 9.17) is 4.74 Å². The molecule has 3 aromatic rings. The molecule has 0 saturated heterocycles. The Morgan fingerprint density at radius 3 is 2.18 bits per heavy atom. The molecule has 0 aliphatic heterocycles. The molecule has 0 heterocycles. The molecular weight excluding hydrogens is 574 g/mol. The molecule has 4 rings (SSSR count). The normalized spacial score (nSPS) is 14.5. The van der Waals surface area contributed by atoms with Crippen molar-refractivity contribution in [3.63, 3.8) is 0 Å². The van der Waals surface area contributed by atoms with Crippen molar-refractivity contribution >= 4 is 27.5 Å². The molecule has 1 N–H and O–H groups in total. The summed E-state index contributed by atoms with van der Waals surface area (Å²) in [4.78, 5) is 29.6. The maximum Gasteiger partial charge on any atom is 0.264 e. The molecule has 44 heavy (non-hydrogen) atoms. The maximum absolute atomic E-state index is 14.3. The molecule has 0 bridgehead atoms. The van der Waals surface area contributed by atoms with Gasteiger partial charge in [0.1, 0.15) is 18.3 Å². The third kappa shape index (κ3) is 8.20. The fourth-order valence-electron chi connectivity index (χ4n) is 5.68. The van der Waals surface area contributed by atoms with Crippen LogP contribution in [-0.4, -0.2) is 50.4 Å². The number of rotatable bonds is 13. The molecular formula is C35H45N3O5S. The second kappa shape index (κ2) is 15.2. The molecule has 1 aliphatic carbocycles. The molecule has 3 aromatic carbocycles. The van der Waals surface area contributed by atoms with Gasteiger partial charge in [-0.3, -0.25) is 13.9 Å². The maximum atomic E-state index is 14.3. The second-order valence-corrected chi connectivity index (χ2v) is 13.3. The monoisotopic (exact) mass is 619 g/mol. The van der Waals surface area contributed by atoms with Crippen molar-refractivity contribution in [3.8, 4) is 5.75 Å². The highest BCUT2D eigenvalue weighted by Gasteiger charge is 2.34. The number of nitrogens with one attached hydrogen (secondary N) is 1. The van der Waals surface area contributed by atoms with Crippen LogP contribution in [0, 0.1) is 13.8 Å². The topological polar surface area (TPSA) is 96.0 Å². The highest BCUT2D eigenvalue weighted by molar-refractivity contribution is 7.92. The first-order chi connectivity index (χ1) is 21.1. The number of hydrogen-bond donors (Lipinski definition) is 1. The number of hydrogen-bond acceptors (Lipinski definition) is 5. The van der Waals surface area contributed by atoms with Gasteiger partial charge in [-0.25, -0.2) is 8.42 Å². The van der Waals surface area contributed by atoms with Crippen LogP contribution < -0.4 is 14.4 Å². The van der Waals surface area contributed by atoms with Gasteiger partial charge in [-0.15, -0.1) is 0 Å². The van der Waals surface area contributed by atoms with Crippen LogP contribution in [0.3, 0.4) is 0 Å². The van der Waals surface area contributed by atoms with E-state index in [9.17, 15) is 18.0 Å². The molecule has 0 spiro atoms. The van der Waals surface area contributed by atoms with Gasteiger partial charge in [0, 0.05) is 12.6 Å². The van der Waals surface area contributed by atoms with E-state index in [1.54, 1.807) is 29.2 Å². The summed E-state index contributed by atoms with van der Waals surface area (Å²) in [6, 6.07) is 20.3. The van der Waals surface area contributed by atoms with Crippen molar-refractivity contribution < 1.29 is 22.7 Å². The molecule has 1 atom stereocenters. The standard InChI is InChI=1S/C35H45N3O5S/c1-5-33(35(40)36-29-14-8-7-9-15-29)37(24-28-13-11-10-12-27(28)4)34(39)25-38(30-18-16-26(3)17-19-30)44(41,42)32-22-20-31(21-23-32)43-6-2/h10-13,16-23,29,33H,5-9,14-15,24-25H2,1-4H3,(H,36,40)/t33-/m0/s1. The van der Waals surface area contributed by atoms with Crippen LogP contribution >= 0.6 is 0 Å². The third-order valence-electron chi connectivity index (χ3n) is 8.26. The lowest BCUT2D eigenvalue weighted by atomic mass is 9.95. The zero-order chi connectivity index (χ0) is 31.7. The van der Waals surface area contributed by atoms with E-state index in [0.717, 1.165) is 46.7 Å². The van der Waals surface area contributed by atoms with Crippen molar-refractivity contribution in [1.29, 1.82) is 0 Å². The summed E-state index contributed by atoms with van der Waals surface area (Å²) in [6.45, 7) is 7.82. The number of carbonyl (C=O) groups excluding carboxylic acids is 2. The predicted octanol–water partition coefficient (Wildman–Crippen LogP) is 6.15. The molecule has 0 unspecified atom stereocenters. The summed E-state index contributed by atoms with van der Waals surface area (Å²) in [5.74, 6) is -0.0878. The average molecular weight is 620 g/mol. The van der Waals surface area contributed by atoms with E-state index < -0.39 is 28.5 Å². The molecule has 1 saturated carbocycles. The Kier molecular flexibility index (Phi) is 11.4. The first kappa shape index (κ1) is 33.1. The van der Waals surface area contributed by atoms with E-state index in [2.05, 4.69) is 5.32 Å². The average Bonchev–Trinajstić information content (AvgIpc) is 3.02. The predicted molar refractivity (Wildman–Crippen MR) is 174 cm³/mol. The highest BCUT2D eigenvalue weighted by atomic mass is 32.2. The van der Waals surface area contributed by atoms with Crippen molar-refractivity contribution in [3.05, 3.63) is 89.5 Å². The van der Waals surface area contributed by atoms with Gasteiger partial charge in [0.15, 0.2) is 0 Å². The van der Waals surface area contributed by atoms with E-state index in [1.807, 2.05) is 64.1 Å². The zero-order valence-corrected chi connectivity index (χ0v) is 27.1. The van der Waals surface area contributed by atoms with Gasteiger partial charge in [0.25, 0.3) is 10.0 Å². The number of benzene rings is 3. The zero-order valence-electron chi connectivity index (χ0n) is 26.3. The van der Waals surface area contributed by atoms with Gasteiger partial charge in [0.05, 0.1) is 17.2 Å². The molecule has 0 radical (unpaired) electrons. The Balaban J connectivity index is 1.70. The van der Waals surface area contributed by atoms with Crippen LogP contribution in [0.2, 0.25) is 0 Å². The van der Waals surface area contributed by atoms with Gasteiger partial charge >= 0.3 is 0 Å². The summed E-state index contributed by atoms with van der Waals surface area (Å²) in [7, 11) is -4.15. The number of anilines is 1. The van der Waals surface area contributed by atoms with Crippen LogP contribution in [0.5, 0.6) is 5.75 Å². The van der Waals surface area contributed by atoms with Crippen LogP contribution in [0.4, 0.5) is 5.69 Å². The molecule has 1 aliphatic rings. The van der Waals surface area contributed by atoms with Crippen LogP contribution in [0.1, 0.15) is 69.1 Å². The Hall–Kier alpha value is -3.85. The molecule has 9 heteroatoms. The molecule has 1 fully saturated rings. The summed E-state index contributed by atoms with van der Waals surface area (Å²) < 4.78 is 34.9. The summed E-state index contributed by atoms with van der Waals surface area (Å²) >= 11 is 0. The number of amides is 2. The first-order valence-corrected chi connectivity index (χ1v) is 17.0. The van der Waals surface area contributed by atoms with E-state index in [1.165, 1.54) is 18.6 Å². The fourth-order valence-corrected chi connectivity index (χ4v) is 7.09. The van der Waals surface area contributed by atoms with Gasteiger partial charge < -0.3 is 15.0 Å². The number of ether oxygens (including phenoxy) is 1. The van der Waals surface area contributed by atoms with Crippen LogP contribution in [0.15, 0.2) is 77.7 Å². The van der Waals surface area contributed by atoms with Gasteiger partial charge in [-0.05, 0) is 87.6 Å². The molecule has 2 amide bonds. The Labute approximate surface area is 262 Å². The number of aryl methyl sites for hydroxylation is 2. The largest absolute Gasteiger partial charge is 0.494 e. The number of carbonyl (C=O) groups is 2. The van der Waals surface area contributed by atoms with Crippen molar-refractivity contribution in [2.75, 3.05) is 17.5 Å². The molecule has 0 aromatic heterocycles. The van der Waals surface area contributed by atoms with Gasteiger partial charge in [-0.2, -0.15) is 0 Å². The summed E-state index contributed by atoms with van der Waals surface area (Å²) in [5, 5.41) is 3.19. The Morgan fingerprint density at radius 2 is 1.57 bits per heavy atom. The Bertz CT molecular complexity index is 1500. The van der Waals surface area contributed by atoms with E-state index in [0.29, 0.717) is 24.5 Å². The van der Waals surface area contributed by atoms with Crippen LogP contribution in [-0.2, 0) is 26.2 Å². The van der Waals surface area contributed by atoms with E-state index >= 15 is 0 Å². The second-order valence-electron chi connectivity index (χ2n) is 11.5.